The fourth-order valence-corrected chi connectivity index (χ4v) is 1.98. The summed E-state index contributed by atoms with van der Waals surface area (Å²) in [6.07, 6.45) is 0.855. The molecule has 9 heteroatoms. The third-order valence-electron chi connectivity index (χ3n) is 3.15. The maximum Gasteiger partial charge on any atom is 0.339 e. The predicted octanol–water partition coefficient (Wildman–Crippen LogP) is -0.755. The first kappa shape index (κ1) is 18.2. The van der Waals surface area contributed by atoms with E-state index < -0.39 is 23.2 Å². The first-order valence-corrected chi connectivity index (χ1v) is 6.72. The van der Waals surface area contributed by atoms with Gasteiger partial charge in [0.05, 0.1) is 25.4 Å². The van der Waals surface area contributed by atoms with Gasteiger partial charge in [-0.1, -0.05) is 0 Å². The molecule has 1 N–H and O–H groups in total. The fraction of sp³-hybridized carbons (Fsp3) is 0.429. The van der Waals surface area contributed by atoms with E-state index in [1.807, 2.05) is 0 Å². The van der Waals surface area contributed by atoms with Crippen LogP contribution in [-0.4, -0.2) is 41.8 Å². The van der Waals surface area contributed by atoms with E-state index in [0.717, 1.165) is 24.9 Å². The van der Waals surface area contributed by atoms with Gasteiger partial charge in [-0.15, -0.1) is 0 Å². The maximum atomic E-state index is 12.5. The highest BCUT2D eigenvalue weighted by atomic mass is 16.5. The van der Waals surface area contributed by atoms with Crippen LogP contribution in [0.25, 0.3) is 5.57 Å². The number of rotatable bonds is 5. The van der Waals surface area contributed by atoms with E-state index in [-0.39, 0.29) is 17.0 Å². The van der Waals surface area contributed by atoms with E-state index in [1.165, 1.54) is 18.7 Å². The molecule has 23 heavy (non-hydrogen) atoms. The summed E-state index contributed by atoms with van der Waals surface area (Å²) in [6, 6.07) is 0. The van der Waals surface area contributed by atoms with Gasteiger partial charge in [0.2, 0.25) is 0 Å². The van der Waals surface area contributed by atoms with Gasteiger partial charge >= 0.3 is 17.6 Å². The summed E-state index contributed by atoms with van der Waals surface area (Å²) in [7, 11) is 4.97. The number of aromatic nitrogens is 2. The van der Waals surface area contributed by atoms with Crippen LogP contribution in [0.2, 0.25) is 0 Å². The average Bonchev–Trinajstić information content (AvgIpc) is 2.55. The van der Waals surface area contributed by atoms with Crippen LogP contribution in [0, 0.1) is 0 Å². The highest BCUT2D eigenvalue weighted by molar-refractivity contribution is 6.21. The van der Waals surface area contributed by atoms with E-state index in [9.17, 15) is 19.2 Å². The Morgan fingerprint density at radius 3 is 2.22 bits per heavy atom. The molecular formula is C14H19N3O6. The lowest BCUT2D eigenvalue weighted by molar-refractivity contribution is -0.136. The SMILES string of the molecule is CCNc1c(/C(=C\C(=O)OC)C(=O)OC)c(=O)n(C)c(=O)n1C. The highest BCUT2D eigenvalue weighted by Gasteiger charge is 2.25. The Hall–Kier alpha value is -2.84. The van der Waals surface area contributed by atoms with E-state index in [4.69, 9.17) is 0 Å². The normalized spacial score (nSPS) is 11.1. The van der Waals surface area contributed by atoms with Crippen molar-refractivity contribution in [3.63, 3.8) is 0 Å². The highest BCUT2D eigenvalue weighted by Crippen LogP contribution is 2.20. The van der Waals surface area contributed by atoms with Crippen LogP contribution in [0.15, 0.2) is 15.7 Å². The number of ether oxygens (including phenoxy) is 2. The maximum absolute atomic E-state index is 12.5. The van der Waals surface area contributed by atoms with Gasteiger partial charge in [0.25, 0.3) is 5.56 Å². The predicted molar refractivity (Wildman–Crippen MR) is 83.1 cm³/mol. The van der Waals surface area contributed by atoms with Crippen molar-refractivity contribution < 1.29 is 19.1 Å². The summed E-state index contributed by atoms with van der Waals surface area (Å²) < 4.78 is 11.1. The van der Waals surface area contributed by atoms with Gasteiger partial charge in [-0.25, -0.2) is 14.4 Å². The minimum absolute atomic E-state index is 0.112. The second-order valence-corrected chi connectivity index (χ2v) is 4.53. The largest absolute Gasteiger partial charge is 0.466 e. The number of carbonyl (C=O) groups is 2. The van der Waals surface area contributed by atoms with Gasteiger partial charge in [-0.05, 0) is 6.92 Å². The Balaban J connectivity index is 3.88. The molecule has 0 aliphatic heterocycles. The van der Waals surface area contributed by atoms with Crippen molar-refractivity contribution in [2.24, 2.45) is 14.1 Å². The molecule has 1 heterocycles. The topological polar surface area (TPSA) is 109 Å². The van der Waals surface area contributed by atoms with Crippen molar-refractivity contribution in [3.05, 3.63) is 32.5 Å². The molecule has 0 aliphatic rings. The van der Waals surface area contributed by atoms with Gasteiger partial charge in [0, 0.05) is 26.7 Å². The van der Waals surface area contributed by atoms with Crippen LogP contribution in [0.3, 0.4) is 0 Å². The summed E-state index contributed by atoms with van der Waals surface area (Å²) in [5, 5.41) is 2.85. The summed E-state index contributed by atoms with van der Waals surface area (Å²) in [5.41, 5.74) is -1.75. The molecule has 0 saturated carbocycles. The molecule has 0 radical (unpaired) electrons. The second-order valence-electron chi connectivity index (χ2n) is 4.53. The van der Waals surface area contributed by atoms with Gasteiger partial charge in [-0.3, -0.25) is 13.9 Å². The standard InChI is InChI=1S/C14H19N3O6/c1-6-15-11-10(12(19)17(3)14(21)16(11)2)8(13(20)23-5)7-9(18)22-4/h7,15H,6H2,1-5H3/b8-7+. The smallest absolute Gasteiger partial charge is 0.339 e. The molecule has 0 amide bonds. The molecule has 0 atom stereocenters. The van der Waals surface area contributed by atoms with Crippen LogP contribution in [0.5, 0.6) is 0 Å². The Bertz CT molecular complexity index is 772. The average molecular weight is 325 g/mol. The number of nitrogens with one attached hydrogen (secondary N) is 1. The van der Waals surface area contributed by atoms with E-state index in [0.29, 0.717) is 6.54 Å². The summed E-state index contributed by atoms with van der Waals surface area (Å²) in [6.45, 7) is 2.15. The summed E-state index contributed by atoms with van der Waals surface area (Å²) in [4.78, 5) is 48.1. The molecule has 1 aromatic rings. The number of anilines is 1. The molecular weight excluding hydrogens is 306 g/mol. The molecule has 0 fully saturated rings. The number of methoxy groups -OCH3 is 2. The first-order chi connectivity index (χ1) is 10.8. The van der Waals surface area contributed by atoms with Crippen molar-refractivity contribution in [2.75, 3.05) is 26.1 Å². The number of esters is 2. The van der Waals surface area contributed by atoms with Gasteiger partial charge < -0.3 is 14.8 Å². The molecule has 126 valence electrons. The Kier molecular flexibility index (Phi) is 5.88. The second kappa shape index (κ2) is 7.43. The lowest BCUT2D eigenvalue weighted by atomic mass is 10.1. The Morgan fingerprint density at radius 2 is 1.74 bits per heavy atom. The van der Waals surface area contributed by atoms with Crippen molar-refractivity contribution in [1.82, 2.24) is 9.13 Å². The summed E-state index contributed by atoms with van der Waals surface area (Å²) >= 11 is 0. The van der Waals surface area contributed by atoms with Crippen molar-refractivity contribution >= 4 is 23.3 Å². The Morgan fingerprint density at radius 1 is 1.13 bits per heavy atom. The zero-order valence-electron chi connectivity index (χ0n) is 13.6. The first-order valence-electron chi connectivity index (χ1n) is 6.72. The molecule has 9 nitrogen and oxygen atoms in total. The third-order valence-corrected chi connectivity index (χ3v) is 3.15. The van der Waals surface area contributed by atoms with Crippen LogP contribution in [-0.2, 0) is 33.2 Å². The number of carbonyl (C=O) groups excluding carboxylic acids is 2. The fourth-order valence-electron chi connectivity index (χ4n) is 1.98. The van der Waals surface area contributed by atoms with Crippen LogP contribution in [0.4, 0.5) is 5.82 Å². The molecule has 0 unspecified atom stereocenters. The molecule has 0 bridgehead atoms. The monoisotopic (exact) mass is 325 g/mol. The third kappa shape index (κ3) is 3.50. The van der Waals surface area contributed by atoms with Crippen molar-refractivity contribution in [1.29, 1.82) is 0 Å². The molecule has 0 aliphatic carbocycles. The molecule has 1 aromatic heterocycles. The summed E-state index contributed by atoms with van der Waals surface area (Å²) in [5.74, 6) is -1.62. The number of hydrogen-bond acceptors (Lipinski definition) is 7. The van der Waals surface area contributed by atoms with Crippen molar-refractivity contribution in [3.8, 4) is 0 Å². The lowest BCUT2D eigenvalue weighted by Gasteiger charge is -2.16. The van der Waals surface area contributed by atoms with E-state index >= 15 is 0 Å². The lowest BCUT2D eigenvalue weighted by Crippen LogP contribution is -2.41. The number of hydrogen-bond donors (Lipinski definition) is 1. The minimum atomic E-state index is -0.898. The van der Waals surface area contributed by atoms with Crippen LogP contribution >= 0.6 is 0 Å². The van der Waals surface area contributed by atoms with Gasteiger partial charge in [0.1, 0.15) is 5.82 Å². The van der Waals surface area contributed by atoms with Gasteiger partial charge in [0.15, 0.2) is 0 Å². The van der Waals surface area contributed by atoms with E-state index in [1.54, 1.807) is 6.92 Å². The molecule has 1 rings (SSSR count). The zero-order valence-corrected chi connectivity index (χ0v) is 13.6. The van der Waals surface area contributed by atoms with Gasteiger partial charge in [-0.2, -0.15) is 0 Å². The number of nitrogens with zero attached hydrogens (tertiary/aromatic N) is 2. The Labute approximate surface area is 132 Å². The molecule has 0 aromatic carbocycles. The molecule has 0 saturated heterocycles. The van der Waals surface area contributed by atoms with Crippen LogP contribution in [0.1, 0.15) is 12.5 Å². The minimum Gasteiger partial charge on any atom is -0.466 e. The molecule has 0 spiro atoms. The zero-order chi connectivity index (χ0) is 17.7. The quantitative estimate of drug-likeness (QED) is 0.560. The van der Waals surface area contributed by atoms with Crippen LogP contribution < -0.4 is 16.6 Å². The van der Waals surface area contributed by atoms with E-state index in [2.05, 4.69) is 14.8 Å². The van der Waals surface area contributed by atoms with Crippen molar-refractivity contribution in [2.45, 2.75) is 6.92 Å².